The average Bonchev–Trinajstić information content (AvgIpc) is 3.12. The van der Waals surface area contributed by atoms with Crippen molar-refractivity contribution < 1.29 is 5.11 Å². The molecule has 1 fully saturated rings. The largest absolute Gasteiger partial charge is 0.388 e. The number of aryl methyl sites for hydroxylation is 1. The molecule has 0 aliphatic carbocycles. The molecule has 1 aliphatic heterocycles. The lowest BCUT2D eigenvalue weighted by molar-refractivity contribution is 0.0980. The Bertz CT molecular complexity index is 570. The summed E-state index contributed by atoms with van der Waals surface area (Å²) in [5.41, 5.74) is 0. The monoisotopic (exact) mass is 321 g/mol. The molecule has 2 aromatic rings. The van der Waals surface area contributed by atoms with Crippen molar-refractivity contribution in [2.24, 2.45) is 7.05 Å². The van der Waals surface area contributed by atoms with E-state index in [2.05, 4.69) is 20.3 Å². The average molecular weight is 321 g/mol. The van der Waals surface area contributed by atoms with Crippen LogP contribution in [0.2, 0.25) is 0 Å². The van der Waals surface area contributed by atoms with E-state index in [4.69, 9.17) is 0 Å². The van der Waals surface area contributed by atoms with Gasteiger partial charge in [0.1, 0.15) is 0 Å². The molecule has 1 aliphatic rings. The fourth-order valence-electron chi connectivity index (χ4n) is 3.13. The number of likely N-dealkylation sites (tertiary alicyclic amines) is 1. The minimum Gasteiger partial charge on any atom is -0.388 e. The van der Waals surface area contributed by atoms with E-state index in [9.17, 15) is 5.11 Å². The van der Waals surface area contributed by atoms with Gasteiger partial charge >= 0.3 is 0 Å². The van der Waals surface area contributed by atoms with Crippen LogP contribution >= 0.6 is 11.3 Å². The van der Waals surface area contributed by atoms with Crippen molar-refractivity contribution in [3.63, 3.8) is 0 Å². The summed E-state index contributed by atoms with van der Waals surface area (Å²) in [7, 11) is 1.79. The second-order valence-electron chi connectivity index (χ2n) is 5.94. The molecule has 3 rings (SSSR count). The molecule has 0 aromatic carbocycles. The van der Waals surface area contributed by atoms with Gasteiger partial charge in [0.05, 0.1) is 19.7 Å². The van der Waals surface area contributed by atoms with Gasteiger partial charge in [-0.2, -0.15) is 4.80 Å². The van der Waals surface area contributed by atoms with E-state index in [0.29, 0.717) is 6.04 Å². The van der Waals surface area contributed by atoms with Gasteiger partial charge < -0.3 is 5.11 Å². The van der Waals surface area contributed by atoms with Crippen LogP contribution in [0.5, 0.6) is 0 Å². The molecule has 2 atom stereocenters. The molecule has 6 nitrogen and oxygen atoms in total. The number of tetrazole rings is 1. The van der Waals surface area contributed by atoms with Crippen molar-refractivity contribution in [3.8, 4) is 0 Å². The van der Waals surface area contributed by atoms with E-state index in [1.54, 1.807) is 18.4 Å². The molecular weight excluding hydrogens is 298 g/mol. The van der Waals surface area contributed by atoms with E-state index in [1.165, 1.54) is 24.1 Å². The van der Waals surface area contributed by atoms with Crippen molar-refractivity contribution in [2.45, 2.75) is 50.8 Å². The Morgan fingerprint density at radius 2 is 2.32 bits per heavy atom. The molecule has 7 heteroatoms. The first kappa shape index (κ1) is 15.6. The Balaban J connectivity index is 1.67. The lowest BCUT2D eigenvalue weighted by Gasteiger charge is -2.30. The zero-order chi connectivity index (χ0) is 15.4. The Labute approximate surface area is 134 Å². The first-order chi connectivity index (χ1) is 10.7. The zero-order valence-electron chi connectivity index (χ0n) is 12.9. The number of rotatable bonds is 5. The standard InChI is InChI=1S/C15H23N5OS/c1-19-17-15(16-18-19)11-20-8-4-2-3-6-12(20)10-13(21)14-7-5-9-22-14/h5,7,9,12-13,21H,2-4,6,8,10-11H2,1H3/t12-,13+/m1/s1. The van der Waals surface area contributed by atoms with Crippen LogP contribution in [0.1, 0.15) is 48.9 Å². The minimum absolute atomic E-state index is 0.375. The summed E-state index contributed by atoms with van der Waals surface area (Å²) in [5.74, 6) is 0.764. The number of thiophene rings is 1. The fraction of sp³-hybridized carbons (Fsp3) is 0.667. The molecule has 0 unspecified atom stereocenters. The molecule has 0 radical (unpaired) electrons. The molecule has 0 saturated carbocycles. The van der Waals surface area contributed by atoms with Crippen LogP contribution in [0.4, 0.5) is 0 Å². The summed E-state index contributed by atoms with van der Waals surface area (Å²) in [5, 5.41) is 24.8. The van der Waals surface area contributed by atoms with Crippen molar-refractivity contribution in [1.29, 1.82) is 0 Å². The molecule has 22 heavy (non-hydrogen) atoms. The molecule has 120 valence electrons. The van der Waals surface area contributed by atoms with Gasteiger partial charge in [-0.25, -0.2) is 0 Å². The molecule has 0 amide bonds. The van der Waals surface area contributed by atoms with Crippen LogP contribution in [-0.2, 0) is 13.6 Å². The van der Waals surface area contributed by atoms with Gasteiger partial charge in [0, 0.05) is 10.9 Å². The highest BCUT2D eigenvalue weighted by Crippen LogP contribution is 2.29. The maximum absolute atomic E-state index is 10.5. The zero-order valence-corrected chi connectivity index (χ0v) is 13.7. The van der Waals surface area contributed by atoms with Gasteiger partial charge in [-0.1, -0.05) is 18.9 Å². The van der Waals surface area contributed by atoms with E-state index in [0.717, 1.165) is 36.6 Å². The van der Waals surface area contributed by atoms with E-state index < -0.39 is 0 Å². The molecule has 1 N–H and O–H groups in total. The summed E-state index contributed by atoms with van der Waals surface area (Å²) in [6.45, 7) is 1.76. The second kappa shape index (κ2) is 7.30. The Morgan fingerprint density at radius 3 is 3.05 bits per heavy atom. The minimum atomic E-state index is -0.375. The van der Waals surface area contributed by atoms with Gasteiger partial charge in [0.15, 0.2) is 5.82 Å². The normalized spacial score (nSPS) is 21.6. The van der Waals surface area contributed by atoms with Crippen molar-refractivity contribution in [2.75, 3.05) is 6.54 Å². The number of nitrogens with zero attached hydrogens (tertiary/aromatic N) is 5. The van der Waals surface area contributed by atoms with Crippen LogP contribution in [0.25, 0.3) is 0 Å². The van der Waals surface area contributed by atoms with Crippen LogP contribution in [-0.4, -0.2) is 42.8 Å². The van der Waals surface area contributed by atoms with Crippen LogP contribution in [0.3, 0.4) is 0 Å². The molecule has 0 bridgehead atoms. The highest BCUT2D eigenvalue weighted by molar-refractivity contribution is 7.10. The van der Waals surface area contributed by atoms with Gasteiger partial charge in [-0.15, -0.1) is 21.5 Å². The van der Waals surface area contributed by atoms with Gasteiger partial charge in [0.2, 0.25) is 0 Å². The van der Waals surface area contributed by atoms with Crippen LogP contribution in [0.15, 0.2) is 17.5 Å². The fourth-order valence-corrected chi connectivity index (χ4v) is 3.86. The summed E-state index contributed by atoms with van der Waals surface area (Å²) in [4.78, 5) is 4.98. The smallest absolute Gasteiger partial charge is 0.188 e. The third-order valence-corrected chi connectivity index (χ3v) is 5.23. The summed E-state index contributed by atoms with van der Waals surface area (Å²) in [6.07, 6.45) is 5.22. The first-order valence-corrected chi connectivity index (χ1v) is 8.79. The summed E-state index contributed by atoms with van der Waals surface area (Å²) >= 11 is 1.63. The van der Waals surface area contributed by atoms with E-state index in [1.807, 2.05) is 17.5 Å². The van der Waals surface area contributed by atoms with Gasteiger partial charge in [0.25, 0.3) is 0 Å². The van der Waals surface area contributed by atoms with Crippen molar-refractivity contribution in [1.82, 2.24) is 25.1 Å². The van der Waals surface area contributed by atoms with E-state index >= 15 is 0 Å². The number of aliphatic hydroxyl groups excluding tert-OH is 1. The third kappa shape index (κ3) is 3.91. The van der Waals surface area contributed by atoms with Gasteiger partial charge in [-0.05, 0) is 42.5 Å². The number of aliphatic hydroxyl groups is 1. The van der Waals surface area contributed by atoms with E-state index in [-0.39, 0.29) is 6.10 Å². The molecule has 0 spiro atoms. The second-order valence-corrected chi connectivity index (χ2v) is 6.91. The Morgan fingerprint density at radius 1 is 1.41 bits per heavy atom. The Hall–Kier alpha value is -1.31. The highest BCUT2D eigenvalue weighted by Gasteiger charge is 2.25. The maximum Gasteiger partial charge on any atom is 0.188 e. The number of hydrogen-bond donors (Lipinski definition) is 1. The molecule has 2 aromatic heterocycles. The Kier molecular flexibility index (Phi) is 5.17. The topological polar surface area (TPSA) is 67.1 Å². The predicted molar refractivity (Wildman–Crippen MR) is 85.4 cm³/mol. The highest BCUT2D eigenvalue weighted by atomic mass is 32.1. The van der Waals surface area contributed by atoms with Gasteiger partial charge in [-0.3, -0.25) is 4.90 Å². The number of aromatic nitrogens is 4. The summed E-state index contributed by atoms with van der Waals surface area (Å²) < 4.78 is 0. The van der Waals surface area contributed by atoms with Crippen molar-refractivity contribution >= 4 is 11.3 Å². The quantitative estimate of drug-likeness (QED) is 0.914. The number of hydrogen-bond acceptors (Lipinski definition) is 6. The predicted octanol–water partition coefficient (Wildman–Crippen LogP) is 2.14. The van der Waals surface area contributed by atoms with Crippen LogP contribution in [0, 0.1) is 0 Å². The first-order valence-electron chi connectivity index (χ1n) is 7.91. The van der Waals surface area contributed by atoms with Crippen LogP contribution < -0.4 is 0 Å². The molecular formula is C15H23N5OS. The third-order valence-electron chi connectivity index (χ3n) is 4.26. The SMILES string of the molecule is Cn1nnc(CN2CCCCC[C@@H]2C[C@H](O)c2cccs2)n1. The summed E-state index contributed by atoms with van der Waals surface area (Å²) in [6, 6.07) is 4.39. The lowest BCUT2D eigenvalue weighted by Crippen LogP contribution is -2.36. The lowest BCUT2D eigenvalue weighted by atomic mass is 10.0. The molecule has 3 heterocycles. The maximum atomic E-state index is 10.5. The molecule has 1 saturated heterocycles. The van der Waals surface area contributed by atoms with Crippen molar-refractivity contribution in [3.05, 3.63) is 28.2 Å².